The van der Waals surface area contributed by atoms with Gasteiger partial charge in [-0.3, -0.25) is 10.3 Å². The Balaban J connectivity index is 2.43. The number of rotatable bonds is 4. The maximum absolute atomic E-state index is 5.60. The van der Waals surface area contributed by atoms with Gasteiger partial charge in [-0.25, -0.2) is 0 Å². The molecule has 0 aliphatic carbocycles. The van der Waals surface area contributed by atoms with Crippen LogP contribution < -0.4 is 5.32 Å². The first-order chi connectivity index (χ1) is 8.36. The van der Waals surface area contributed by atoms with Crippen LogP contribution in [-0.2, 0) is 0 Å². The van der Waals surface area contributed by atoms with Crippen LogP contribution in [0, 0.1) is 12.3 Å². The zero-order chi connectivity index (χ0) is 12.1. The summed E-state index contributed by atoms with van der Waals surface area (Å²) in [7, 11) is 0. The van der Waals surface area contributed by atoms with Crippen molar-refractivity contribution in [2.24, 2.45) is 0 Å². The highest BCUT2D eigenvalue weighted by atomic mass is 14.9. The Hall–Kier alpha value is -1.85. The Morgan fingerprint density at radius 1 is 1.35 bits per heavy atom. The third-order valence-corrected chi connectivity index (χ3v) is 2.76. The lowest BCUT2D eigenvalue weighted by Crippen LogP contribution is -2.20. The number of terminal acetylenes is 1. The Morgan fingerprint density at radius 3 is 2.94 bits per heavy atom. The highest BCUT2D eigenvalue weighted by molar-refractivity contribution is 5.82. The van der Waals surface area contributed by atoms with Crippen LogP contribution in [-0.4, -0.2) is 11.5 Å². The summed E-state index contributed by atoms with van der Waals surface area (Å²) in [4.78, 5) is 4.34. The highest BCUT2D eigenvalue weighted by Crippen LogP contribution is 2.22. The third-order valence-electron chi connectivity index (χ3n) is 2.76. The molecule has 1 heterocycles. The Bertz CT molecular complexity index is 535. The fourth-order valence-electron chi connectivity index (χ4n) is 1.92. The molecule has 0 bridgehead atoms. The minimum absolute atomic E-state index is 0.0390. The summed E-state index contributed by atoms with van der Waals surface area (Å²) >= 11 is 0. The molecule has 1 aromatic heterocycles. The number of benzene rings is 1. The molecule has 1 N–H and O–H groups in total. The maximum Gasteiger partial charge on any atom is 0.0950 e. The molecule has 2 heteroatoms. The van der Waals surface area contributed by atoms with Gasteiger partial charge in [0, 0.05) is 11.6 Å². The van der Waals surface area contributed by atoms with Gasteiger partial charge in [-0.15, -0.1) is 6.42 Å². The van der Waals surface area contributed by atoms with Gasteiger partial charge in [0.05, 0.1) is 11.6 Å². The van der Waals surface area contributed by atoms with Crippen molar-refractivity contribution >= 4 is 10.9 Å². The monoisotopic (exact) mass is 224 g/mol. The molecule has 2 aromatic rings. The molecule has 17 heavy (non-hydrogen) atoms. The van der Waals surface area contributed by atoms with Crippen LogP contribution in [0.15, 0.2) is 36.5 Å². The van der Waals surface area contributed by atoms with Gasteiger partial charge in [0.2, 0.25) is 0 Å². The number of nitrogens with zero attached hydrogens (tertiary/aromatic N) is 1. The van der Waals surface area contributed by atoms with Crippen LogP contribution in [0.25, 0.3) is 10.9 Å². The first-order valence-electron chi connectivity index (χ1n) is 5.90. The van der Waals surface area contributed by atoms with Crippen LogP contribution >= 0.6 is 0 Å². The number of aromatic nitrogens is 1. The number of fused-ring (bicyclic) bond motifs is 1. The van der Waals surface area contributed by atoms with E-state index in [1.807, 2.05) is 30.5 Å². The molecule has 1 unspecified atom stereocenters. The van der Waals surface area contributed by atoms with E-state index in [-0.39, 0.29) is 6.04 Å². The summed E-state index contributed by atoms with van der Waals surface area (Å²) in [6.07, 6.45) is 8.49. The molecule has 1 aromatic carbocycles. The third kappa shape index (κ3) is 2.46. The van der Waals surface area contributed by atoms with E-state index in [4.69, 9.17) is 6.42 Å². The fourth-order valence-corrected chi connectivity index (χ4v) is 1.92. The summed E-state index contributed by atoms with van der Waals surface area (Å²) in [6.45, 7) is 3.05. The van der Waals surface area contributed by atoms with Gasteiger partial charge in [-0.05, 0) is 30.7 Å². The molecular formula is C15H16N2. The maximum atomic E-state index is 5.60. The minimum Gasteiger partial charge on any atom is -0.300 e. The Morgan fingerprint density at radius 2 is 2.18 bits per heavy atom. The number of nitrogens with one attached hydrogen (secondary N) is 1. The van der Waals surface area contributed by atoms with Crippen molar-refractivity contribution in [3.05, 3.63) is 42.1 Å². The molecule has 0 saturated carbocycles. The number of hydrogen-bond donors (Lipinski definition) is 1. The minimum atomic E-state index is -0.0390. The summed E-state index contributed by atoms with van der Waals surface area (Å²) in [5.74, 6) is 2.81. The van der Waals surface area contributed by atoms with Crippen LogP contribution in [0.4, 0.5) is 0 Å². The zero-order valence-electron chi connectivity index (χ0n) is 9.98. The van der Waals surface area contributed by atoms with E-state index < -0.39 is 0 Å². The predicted octanol–water partition coefficient (Wildman–Crippen LogP) is 2.91. The average Bonchev–Trinajstić information content (AvgIpc) is 2.40. The molecule has 0 radical (unpaired) electrons. The summed E-state index contributed by atoms with van der Waals surface area (Å²) < 4.78 is 0. The summed E-state index contributed by atoms with van der Waals surface area (Å²) in [5, 5.41) is 4.49. The topological polar surface area (TPSA) is 24.9 Å². The van der Waals surface area contributed by atoms with Crippen molar-refractivity contribution in [1.29, 1.82) is 0 Å². The molecule has 1 atom stereocenters. The zero-order valence-corrected chi connectivity index (χ0v) is 9.98. The largest absolute Gasteiger partial charge is 0.300 e. The molecule has 0 fully saturated rings. The quantitative estimate of drug-likeness (QED) is 0.808. The second kappa shape index (κ2) is 5.47. The van der Waals surface area contributed by atoms with E-state index in [1.165, 1.54) is 0 Å². The Labute approximate surface area is 102 Å². The normalized spacial score (nSPS) is 12.2. The van der Waals surface area contributed by atoms with Gasteiger partial charge >= 0.3 is 0 Å². The van der Waals surface area contributed by atoms with Crippen molar-refractivity contribution in [3.63, 3.8) is 0 Å². The van der Waals surface area contributed by atoms with Crippen molar-refractivity contribution in [1.82, 2.24) is 10.3 Å². The molecule has 2 nitrogen and oxygen atoms in total. The molecule has 0 aliphatic rings. The average molecular weight is 224 g/mol. The van der Waals surface area contributed by atoms with Crippen LogP contribution in [0.3, 0.4) is 0 Å². The van der Waals surface area contributed by atoms with Crippen molar-refractivity contribution in [3.8, 4) is 12.3 Å². The lowest BCUT2D eigenvalue weighted by molar-refractivity contribution is 0.629. The summed E-state index contributed by atoms with van der Waals surface area (Å²) in [6, 6.07) is 10.0. The van der Waals surface area contributed by atoms with Gasteiger partial charge < -0.3 is 0 Å². The van der Waals surface area contributed by atoms with Crippen LogP contribution in [0.1, 0.15) is 24.9 Å². The molecule has 2 rings (SSSR count). The molecular weight excluding hydrogens is 208 g/mol. The molecule has 0 saturated heterocycles. The SMILES string of the molecule is C#CC(NCCC)c1ccnc2ccccc12. The summed E-state index contributed by atoms with van der Waals surface area (Å²) in [5.41, 5.74) is 2.12. The molecule has 0 amide bonds. The second-order valence-corrected chi connectivity index (χ2v) is 3.97. The molecule has 86 valence electrons. The van der Waals surface area contributed by atoms with Crippen LogP contribution in [0.5, 0.6) is 0 Å². The standard InChI is InChI=1S/C15H16N2/c1-3-10-16-14(4-2)13-9-11-17-15-8-6-5-7-12(13)15/h2,5-9,11,14,16H,3,10H2,1H3. The highest BCUT2D eigenvalue weighted by Gasteiger charge is 2.10. The van der Waals surface area contributed by atoms with Gasteiger partial charge in [0.25, 0.3) is 0 Å². The van der Waals surface area contributed by atoms with E-state index in [0.29, 0.717) is 0 Å². The van der Waals surface area contributed by atoms with Crippen molar-refractivity contribution in [2.75, 3.05) is 6.54 Å². The van der Waals surface area contributed by atoms with Crippen molar-refractivity contribution < 1.29 is 0 Å². The predicted molar refractivity (Wildman–Crippen MR) is 71.6 cm³/mol. The molecule has 0 spiro atoms. The van der Waals surface area contributed by atoms with Gasteiger partial charge in [-0.1, -0.05) is 31.0 Å². The van der Waals surface area contributed by atoms with Gasteiger partial charge in [-0.2, -0.15) is 0 Å². The van der Waals surface area contributed by atoms with E-state index in [2.05, 4.69) is 29.2 Å². The first-order valence-corrected chi connectivity index (χ1v) is 5.90. The van der Waals surface area contributed by atoms with E-state index >= 15 is 0 Å². The number of pyridine rings is 1. The van der Waals surface area contributed by atoms with E-state index in [0.717, 1.165) is 29.4 Å². The number of para-hydroxylation sites is 1. The Kier molecular flexibility index (Phi) is 3.74. The smallest absolute Gasteiger partial charge is 0.0950 e. The molecule has 0 aliphatic heterocycles. The van der Waals surface area contributed by atoms with Gasteiger partial charge in [0.1, 0.15) is 0 Å². The lowest BCUT2D eigenvalue weighted by atomic mass is 10.0. The first kappa shape index (κ1) is 11.6. The number of hydrogen-bond acceptors (Lipinski definition) is 2. The van der Waals surface area contributed by atoms with Crippen LogP contribution in [0.2, 0.25) is 0 Å². The fraction of sp³-hybridized carbons (Fsp3) is 0.267. The van der Waals surface area contributed by atoms with Crippen molar-refractivity contribution in [2.45, 2.75) is 19.4 Å². The van der Waals surface area contributed by atoms with Gasteiger partial charge in [0.15, 0.2) is 0 Å². The van der Waals surface area contributed by atoms with E-state index in [9.17, 15) is 0 Å². The second-order valence-electron chi connectivity index (χ2n) is 3.97. The lowest BCUT2D eigenvalue weighted by Gasteiger charge is -2.14. The van der Waals surface area contributed by atoms with E-state index in [1.54, 1.807) is 0 Å².